The Morgan fingerprint density at radius 3 is 2.61 bits per heavy atom. The number of halogens is 1. The molecule has 0 aliphatic carbocycles. The number of nitrogens with zero attached hydrogens (tertiary/aromatic N) is 2. The van der Waals surface area contributed by atoms with Gasteiger partial charge >= 0.3 is 0 Å². The molecule has 33 heavy (non-hydrogen) atoms. The Morgan fingerprint density at radius 2 is 1.88 bits per heavy atom. The molecule has 10 heteroatoms. The average molecular weight is 487 g/mol. The van der Waals surface area contributed by atoms with Crippen molar-refractivity contribution in [2.24, 2.45) is 0 Å². The molecule has 0 radical (unpaired) electrons. The van der Waals surface area contributed by atoms with Gasteiger partial charge in [0.1, 0.15) is 23.1 Å². The number of sulfonamides is 1. The van der Waals surface area contributed by atoms with Gasteiger partial charge in [0.15, 0.2) is 0 Å². The Labute approximate surface area is 197 Å². The van der Waals surface area contributed by atoms with Crippen molar-refractivity contribution in [1.29, 1.82) is 0 Å². The minimum absolute atomic E-state index is 0.0710. The number of hydrogen-bond donors (Lipinski definition) is 1. The van der Waals surface area contributed by atoms with Gasteiger partial charge in [-0.2, -0.15) is 0 Å². The second kappa shape index (κ2) is 10.2. The van der Waals surface area contributed by atoms with E-state index in [-0.39, 0.29) is 22.1 Å². The van der Waals surface area contributed by atoms with E-state index in [9.17, 15) is 13.2 Å². The van der Waals surface area contributed by atoms with Crippen LogP contribution in [0.2, 0.25) is 5.02 Å². The lowest BCUT2D eigenvalue weighted by atomic mass is 10.2. The number of H-pyrrole nitrogens is 1. The van der Waals surface area contributed by atoms with Gasteiger partial charge in [0.25, 0.3) is 11.7 Å². The summed E-state index contributed by atoms with van der Waals surface area (Å²) in [4.78, 5) is 18.0. The highest BCUT2D eigenvalue weighted by Crippen LogP contribution is 2.29. The van der Waals surface area contributed by atoms with Gasteiger partial charge in [-0.05, 0) is 30.3 Å². The van der Waals surface area contributed by atoms with Crippen molar-refractivity contribution in [3.63, 3.8) is 0 Å². The summed E-state index contributed by atoms with van der Waals surface area (Å²) >= 11 is 5.90. The zero-order valence-electron chi connectivity index (χ0n) is 17.7. The second-order valence-electron chi connectivity index (χ2n) is 7.44. The summed E-state index contributed by atoms with van der Waals surface area (Å²) in [7, 11) is -4.00. The molecular formula is C23H23ClN4O4S. The number of aromatic nitrogens is 1. The first-order valence-corrected chi connectivity index (χ1v) is 12.2. The number of pyridine rings is 1. The van der Waals surface area contributed by atoms with Crippen LogP contribution in [0.3, 0.4) is 0 Å². The molecule has 1 amide bonds. The summed E-state index contributed by atoms with van der Waals surface area (Å²) in [6, 6.07) is 15.9. The molecule has 1 aliphatic rings. The van der Waals surface area contributed by atoms with Crippen molar-refractivity contribution in [2.45, 2.75) is 11.4 Å². The largest absolute Gasteiger partial charge is 0.573 e. The number of carbonyl (C=O) groups is 1. The second-order valence-corrected chi connectivity index (χ2v) is 9.48. The first-order chi connectivity index (χ1) is 15.9. The van der Waals surface area contributed by atoms with Crippen LogP contribution in [-0.2, 0) is 21.3 Å². The molecular weight excluding hydrogens is 464 g/mol. The molecule has 2 heterocycles. The van der Waals surface area contributed by atoms with Crippen LogP contribution < -0.4 is 15.2 Å². The molecule has 2 aromatic carbocycles. The maximum absolute atomic E-state index is 12.7. The van der Waals surface area contributed by atoms with E-state index < -0.39 is 10.0 Å². The molecule has 0 unspecified atom stereocenters. The first-order valence-electron chi connectivity index (χ1n) is 10.4. The number of hydrogen-bond acceptors (Lipinski definition) is 5. The summed E-state index contributed by atoms with van der Waals surface area (Å²) in [6.45, 7) is 3.35. The van der Waals surface area contributed by atoms with Gasteiger partial charge in [-0.15, -0.1) is 5.69 Å². The molecule has 172 valence electrons. The van der Waals surface area contributed by atoms with Crippen LogP contribution in [-0.4, -0.2) is 40.6 Å². The van der Waals surface area contributed by atoms with Crippen LogP contribution in [0.4, 0.5) is 11.5 Å². The van der Waals surface area contributed by atoms with Gasteiger partial charge in [-0.3, -0.25) is 9.69 Å². The van der Waals surface area contributed by atoms with Crippen LogP contribution in [0.1, 0.15) is 15.9 Å². The molecule has 1 aromatic heterocycles. The summed E-state index contributed by atoms with van der Waals surface area (Å²) in [5.74, 6) is 0.613. The van der Waals surface area contributed by atoms with Crippen LogP contribution in [0.15, 0.2) is 71.8 Å². The predicted octanol–water partition coefficient (Wildman–Crippen LogP) is 3.31. The monoisotopic (exact) mass is 486 g/mol. The van der Waals surface area contributed by atoms with Crippen molar-refractivity contribution in [3.8, 4) is 0 Å². The van der Waals surface area contributed by atoms with E-state index in [0.717, 1.165) is 24.5 Å². The highest BCUT2D eigenvalue weighted by Gasteiger charge is 2.18. The van der Waals surface area contributed by atoms with Gasteiger partial charge in [0, 0.05) is 28.8 Å². The Morgan fingerprint density at radius 1 is 1.09 bits per heavy atom. The molecule has 0 saturated carbocycles. The third kappa shape index (κ3) is 6.01. The predicted molar refractivity (Wildman–Crippen MR) is 125 cm³/mol. The maximum atomic E-state index is 12.7. The fraction of sp³-hybridized carbons (Fsp3) is 0.217. The smallest absolute Gasteiger partial charge is 0.274 e. The van der Waals surface area contributed by atoms with Crippen molar-refractivity contribution in [3.05, 3.63) is 87.7 Å². The zero-order valence-corrected chi connectivity index (χ0v) is 19.3. The third-order valence-corrected chi connectivity index (χ3v) is 6.63. The fourth-order valence-corrected chi connectivity index (χ4v) is 4.57. The van der Waals surface area contributed by atoms with Gasteiger partial charge in [-0.1, -0.05) is 35.9 Å². The van der Waals surface area contributed by atoms with Crippen molar-refractivity contribution in [2.75, 3.05) is 31.2 Å². The molecule has 0 spiro atoms. The van der Waals surface area contributed by atoms with Gasteiger partial charge < -0.3 is 14.8 Å². The van der Waals surface area contributed by atoms with E-state index in [1.807, 2.05) is 18.3 Å². The average Bonchev–Trinajstić information content (AvgIpc) is 2.83. The molecule has 0 atom stereocenters. The van der Waals surface area contributed by atoms with Crippen LogP contribution >= 0.6 is 11.6 Å². The minimum Gasteiger partial charge on any atom is -0.573 e. The van der Waals surface area contributed by atoms with Crippen LogP contribution in [0, 0.1) is 0 Å². The van der Waals surface area contributed by atoms with E-state index in [0.29, 0.717) is 24.8 Å². The van der Waals surface area contributed by atoms with E-state index in [4.69, 9.17) is 16.3 Å². The van der Waals surface area contributed by atoms with E-state index in [1.165, 1.54) is 24.3 Å². The number of aromatic amines is 1. The summed E-state index contributed by atoms with van der Waals surface area (Å²) in [6.07, 6.45) is 1.84. The Hall–Kier alpha value is -3.14. The third-order valence-electron chi connectivity index (χ3n) is 5.09. The number of morpholine rings is 1. The fourth-order valence-electron chi connectivity index (χ4n) is 3.37. The Balaban J connectivity index is 1.39. The standard InChI is InChI=1S/C23H22ClN4O4S/c24-19-4-2-5-20(14-19)27-33(30,31)21-6-1-3-18(13-21)23(29)26-16-17-7-8-22(25-15-17)28-9-11-32-12-10-28/h1-8,13-15H,9-12,16H2,(H,26,29)/q-1/p+1. The highest BCUT2D eigenvalue weighted by molar-refractivity contribution is 7.94. The minimum atomic E-state index is -4.00. The van der Waals surface area contributed by atoms with E-state index in [1.54, 1.807) is 24.3 Å². The van der Waals surface area contributed by atoms with Crippen molar-refractivity contribution in [1.82, 2.24) is 5.32 Å². The topological polar surface area (TPSA) is 104 Å². The van der Waals surface area contributed by atoms with Crippen LogP contribution in [0.5, 0.6) is 0 Å². The Kier molecular flexibility index (Phi) is 7.12. The molecule has 1 fully saturated rings. The first kappa shape index (κ1) is 23.0. The lowest BCUT2D eigenvalue weighted by molar-refractivity contribution is -0.365. The SMILES string of the molecule is O=C(NCc1ccc(N2CCOCC2)[nH+]c1)c1cccc(S(=O)(=O)[N-]c2cccc(Cl)c2)c1. The quantitative estimate of drug-likeness (QED) is 0.551. The maximum Gasteiger partial charge on any atom is 0.274 e. The number of benzene rings is 2. The van der Waals surface area contributed by atoms with Crippen LogP contribution in [0.25, 0.3) is 4.72 Å². The number of nitrogens with one attached hydrogen (secondary N) is 2. The number of amides is 1. The summed E-state index contributed by atoms with van der Waals surface area (Å²) < 4.78 is 34.5. The van der Waals surface area contributed by atoms with Crippen molar-refractivity contribution < 1.29 is 22.9 Å². The Bertz CT molecular complexity index is 1230. The molecule has 0 bridgehead atoms. The number of carbonyl (C=O) groups excluding carboxylic acids is 1. The van der Waals surface area contributed by atoms with Gasteiger partial charge in [0.05, 0.1) is 24.3 Å². The molecule has 2 N–H and O–H groups in total. The summed E-state index contributed by atoms with van der Waals surface area (Å²) in [5.41, 5.74) is 1.33. The highest BCUT2D eigenvalue weighted by atomic mass is 35.5. The molecule has 4 rings (SSSR count). The number of rotatable bonds is 7. The number of anilines is 1. The van der Waals surface area contributed by atoms with E-state index in [2.05, 4.69) is 19.9 Å². The van der Waals surface area contributed by atoms with Gasteiger partial charge in [0.2, 0.25) is 0 Å². The molecule has 8 nitrogen and oxygen atoms in total. The van der Waals surface area contributed by atoms with Crippen molar-refractivity contribution >= 4 is 39.0 Å². The zero-order chi connectivity index (χ0) is 23.3. The molecule has 3 aromatic rings. The summed E-state index contributed by atoms with van der Waals surface area (Å²) in [5, 5.41) is 3.20. The van der Waals surface area contributed by atoms with E-state index >= 15 is 0 Å². The van der Waals surface area contributed by atoms with Gasteiger partial charge in [-0.25, -0.2) is 13.4 Å². The normalized spacial score (nSPS) is 14.0. The lowest BCUT2D eigenvalue weighted by Crippen LogP contribution is -2.39. The lowest BCUT2D eigenvalue weighted by Gasteiger charge is -2.22. The molecule has 1 aliphatic heterocycles. The number of ether oxygens (including phenoxy) is 1. The molecule has 1 saturated heterocycles.